The number of rotatable bonds is 6. The third-order valence-corrected chi connectivity index (χ3v) is 5.72. The van der Waals surface area contributed by atoms with Crippen LogP contribution in [0.15, 0.2) is 60.8 Å². The molecule has 0 aliphatic heterocycles. The Morgan fingerprint density at radius 2 is 1.74 bits per heavy atom. The van der Waals surface area contributed by atoms with Gasteiger partial charge in [-0.2, -0.15) is 5.10 Å². The SMILES string of the molecule is CC(NC(=O)c1nccc2ccccc12)C(=O)Nc1cc(C(C)(C)c2cc(F)cc(F)c2)[nH]n1. The lowest BCUT2D eigenvalue weighted by atomic mass is 9.81. The standard InChI is InChI=1S/C25H23F2N5O2/c1-14(29-24(34)22-19-7-5-4-6-15(19)8-9-28-22)23(33)30-21-13-20(31-32-21)25(2,3)16-10-17(26)12-18(27)11-16/h4-14H,1-3H3,(H,29,34)(H2,30,31,32,33). The Kier molecular flexibility index (Phi) is 6.10. The Balaban J connectivity index is 1.45. The van der Waals surface area contributed by atoms with Crippen molar-refractivity contribution in [1.82, 2.24) is 20.5 Å². The van der Waals surface area contributed by atoms with E-state index in [1.807, 2.05) is 18.2 Å². The fourth-order valence-electron chi connectivity index (χ4n) is 3.64. The molecular weight excluding hydrogens is 440 g/mol. The highest BCUT2D eigenvalue weighted by Crippen LogP contribution is 2.32. The number of carbonyl (C=O) groups excluding carboxylic acids is 2. The summed E-state index contributed by atoms with van der Waals surface area (Å²) in [6, 6.07) is 13.2. The van der Waals surface area contributed by atoms with E-state index in [4.69, 9.17) is 0 Å². The van der Waals surface area contributed by atoms with Crippen LogP contribution in [-0.4, -0.2) is 33.0 Å². The molecule has 0 bridgehead atoms. The highest BCUT2D eigenvalue weighted by molar-refractivity contribution is 6.07. The number of aromatic amines is 1. The lowest BCUT2D eigenvalue weighted by Gasteiger charge is -2.23. The average Bonchev–Trinajstić information content (AvgIpc) is 3.27. The number of aromatic nitrogens is 3. The zero-order valence-corrected chi connectivity index (χ0v) is 18.8. The number of hydrogen-bond donors (Lipinski definition) is 3. The summed E-state index contributed by atoms with van der Waals surface area (Å²) in [5, 5.41) is 13.7. The number of halogens is 2. The van der Waals surface area contributed by atoms with E-state index in [0.717, 1.165) is 11.5 Å². The Labute approximate surface area is 194 Å². The van der Waals surface area contributed by atoms with Gasteiger partial charge in [-0.1, -0.05) is 38.1 Å². The summed E-state index contributed by atoms with van der Waals surface area (Å²) < 4.78 is 27.4. The van der Waals surface area contributed by atoms with Crippen molar-refractivity contribution in [3.05, 3.63) is 89.4 Å². The van der Waals surface area contributed by atoms with Crippen LogP contribution >= 0.6 is 0 Å². The molecule has 4 aromatic rings. The summed E-state index contributed by atoms with van der Waals surface area (Å²) >= 11 is 0. The second-order valence-corrected chi connectivity index (χ2v) is 8.52. The van der Waals surface area contributed by atoms with Crippen molar-refractivity contribution >= 4 is 28.4 Å². The largest absolute Gasteiger partial charge is 0.339 e. The number of carbonyl (C=O) groups is 2. The number of benzene rings is 2. The van der Waals surface area contributed by atoms with Gasteiger partial charge < -0.3 is 10.6 Å². The molecule has 3 N–H and O–H groups in total. The van der Waals surface area contributed by atoms with Gasteiger partial charge >= 0.3 is 0 Å². The number of H-pyrrole nitrogens is 1. The van der Waals surface area contributed by atoms with Crippen LogP contribution < -0.4 is 10.6 Å². The van der Waals surface area contributed by atoms with Gasteiger partial charge in [0, 0.05) is 34.8 Å². The van der Waals surface area contributed by atoms with Gasteiger partial charge in [0.25, 0.3) is 5.91 Å². The van der Waals surface area contributed by atoms with Gasteiger partial charge in [-0.3, -0.25) is 19.7 Å². The van der Waals surface area contributed by atoms with Crippen LogP contribution in [0.2, 0.25) is 0 Å². The van der Waals surface area contributed by atoms with E-state index in [2.05, 4.69) is 25.8 Å². The molecule has 7 nitrogen and oxygen atoms in total. The van der Waals surface area contributed by atoms with Crippen molar-refractivity contribution in [3.8, 4) is 0 Å². The second kappa shape index (κ2) is 9.01. The molecule has 0 aliphatic rings. The number of pyridine rings is 1. The van der Waals surface area contributed by atoms with Crippen molar-refractivity contribution in [2.45, 2.75) is 32.2 Å². The van der Waals surface area contributed by atoms with Gasteiger partial charge in [-0.15, -0.1) is 0 Å². The lowest BCUT2D eigenvalue weighted by Crippen LogP contribution is -2.42. The molecule has 2 aromatic heterocycles. The zero-order chi connectivity index (χ0) is 24.5. The number of amides is 2. The topological polar surface area (TPSA) is 99.8 Å². The molecule has 0 radical (unpaired) electrons. The second-order valence-electron chi connectivity index (χ2n) is 8.52. The number of nitrogens with zero attached hydrogens (tertiary/aromatic N) is 2. The number of hydrogen-bond acceptors (Lipinski definition) is 4. The van der Waals surface area contributed by atoms with Crippen molar-refractivity contribution in [2.24, 2.45) is 0 Å². The summed E-state index contributed by atoms with van der Waals surface area (Å²) in [5.74, 6) is -2.10. The zero-order valence-electron chi connectivity index (χ0n) is 18.8. The third kappa shape index (κ3) is 4.63. The highest BCUT2D eigenvalue weighted by Gasteiger charge is 2.27. The summed E-state index contributed by atoms with van der Waals surface area (Å²) in [6.45, 7) is 5.10. The lowest BCUT2D eigenvalue weighted by molar-refractivity contribution is -0.117. The van der Waals surface area contributed by atoms with E-state index >= 15 is 0 Å². The van der Waals surface area contributed by atoms with E-state index in [1.165, 1.54) is 12.1 Å². The first-order chi connectivity index (χ1) is 16.1. The Hall–Kier alpha value is -4.14. The molecule has 0 saturated heterocycles. The van der Waals surface area contributed by atoms with Crippen LogP contribution in [0.4, 0.5) is 14.6 Å². The number of anilines is 1. The van der Waals surface area contributed by atoms with E-state index in [0.29, 0.717) is 16.6 Å². The molecule has 2 amide bonds. The van der Waals surface area contributed by atoms with Crippen LogP contribution in [0.5, 0.6) is 0 Å². The van der Waals surface area contributed by atoms with Gasteiger partial charge in [0.2, 0.25) is 5.91 Å². The van der Waals surface area contributed by atoms with Gasteiger partial charge in [-0.05, 0) is 36.1 Å². The van der Waals surface area contributed by atoms with Crippen molar-refractivity contribution < 1.29 is 18.4 Å². The molecule has 34 heavy (non-hydrogen) atoms. The molecule has 0 fully saturated rings. The van der Waals surface area contributed by atoms with Crippen molar-refractivity contribution in [3.63, 3.8) is 0 Å². The van der Waals surface area contributed by atoms with E-state index < -0.39 is 34.9 Å². The predicted octanol–water partition coefficient (Wildman–Crippen LogP) is 4.32. The van der Waals surface area contributed by atoms with E-state index in [9.17, 15) is 18.4 Å². The fourth-order valence-corrected chi connectivity index (χ4v) is 3.64. The Bertz CT molecular complexity index is 1360. The number of nitrogens with one attached hydrogen (secondary N) is 3. The molecule has 174 valence electrons. The molecule has 0 aliphatic carbocycles. The summed E-state index contributed by atoms with van der Waals surface area (Å²) in [4.78, 5) is 29.6. The minimum atomic E-state index is -0.876. The maximum Gasteiger partial charge on any atom is 0.271 e. The minimum Gasteiger partial charge on any atom is -0.339 e. The van der Waals surface area contributed by atoms with Crippen molar-refractivity contribution in [2.75, 3.05) is 5.32 Å². The normalized spacial score (nSPS) is 12.4. The molecule has 1 unspecified atom stereocenters. The van der Waals surface area contributed by atoms with Crippen LogP contribution in [0.1, 0.15) is 42.5 Å². The van der Waals surface area contributed by atoms with E-state index in [-0.39, 0.29) is 11.5 Å². The monoisotopic (exact) mass is 463 g/mol. The predicted molar refractivity (Wildman–Crippen MR) is 124 cm³/mol. The van der Waals surface area contributed by atoms with Crippen LogP contribution in [0.3, 0.4) is 0 Å². The first-order valence-electron chi connectivity index (χ1n) is 10.6. The van der Waals surface area contributed by atoms with Crippen molar-refractivity contribution in [1.29, 1.82) is 0 Å². The van der Waals surface area contributed by atoms with Gasteiger partial charge in [0.15, 0.2) is 5.82 Å². The minimum absolute atomic E-state index is 0.217. The number of fused-ring (bicyclic) bond motifs is 1. The molecule has 4 rings (SSSR count). The highest BCUT2D eigenvalue weighted by atomic mass is 19.1. The van der Waals surface area contributed by atoms with Gasteiger partial charge in [0.05, 0.1) is 0 Å². The first-order valence-corrected chi connectivity index (χ1v) is 10.6. The smallest absolute Gasteiger partial charge is 0.271 e. The maximum atomic E-state index is 13.7. The molecule has 2 heterocycles. The molecule has 2 aromatic carbocycles. The Morgan fingerprint density at radius 1 is 1.03 bits per heavy atom. The molecule has 1 atom stereocenters. The summed E-state index contributed by atoms with van der Waals surface area (Å²) in [5.41, 5.74) is 0.377. The first kappa shape index (κ1) is 23.0. The molecule has 9 heteroatoms. The molecule has 0 saturated carbocycles. The average molecular weight is 463 g/mol. The van der Waals surface area contributed by atoms with Crippen LogP contribution in [-0.2, 0) is 10.2 Å². The maximum absolute atomic E-state index is 13.7. The molecular formula is C25H23F2N5O2. The van der Waals surface area contributed by atoms with Crippen LogP contribution in [0, 0.1) is 11.6 Å². The summed E-state index contributed by atoms with van der Waals surface area (Å²) in [6.07, 6.45) is 1.54. The summed E-state index contributed by atoms with van der Waals surface area (Å²) in [7, 11) is 0. The molecule has 0 spiro atoms. The van der Waals surface area contributed by atoms with Crippen LogP contribution in [0.25, 0.3) is 10.8 Å². The van der Waals surface area contributed by atoms with E-state index in [1.54, 1.807) is 45.2 Å². The fraction of sp³-hybridized carbons (Fsp3) is 0.200. The van der Waals surface area contributed by atoms with Gasteiger partial charge in [-0.25, -0.2) is 8.78 Å². The third-order valence-electron chi connectivity index (χ3n) is 5.72. The Morgan fingerprint density at radius 3 is 2.47 bits per heavy atom. The van der Waals surface area contributed by atoms with Gasteiger partial charge in [0.1, 0.15) is 23.4 Å². The quantitative estimate of drug-likeness (QED) is 0.397.